The summed E-state index contributed by atoms with van der Waals surface area (Å²) in [5.41, 5.74) is -0.305. The molecular weight excluding hydrogens is 308 g/mol. The third kappa shape index (κ3) is 5.96. The first-order valence-corrected chi connectivity index (χ1v) is 6.80. The Morgan fingerprint density at radius 3 is 2.27 bits per heavy atom. The zero-order chi connectivity index (χ0) is 16.9. The minimum absolute atomic E-state index is 0.0772. The fourth-order valence-corrected chi connectivity index (χ4v) is 1.74. The lowest BCUT2D eigenvalue weighted by molar-refractivity contribution is -0.384. The monoisotopic (exact) mass is 324 g/mol. The Hall–Kier alpha value is -2.35. The predicted molar refractivity (Wildman–Crippen MR) is 83.4 cm³/mol. The summed E-state index contributed by atoms with van der Waals surface area (Å²) in [4.78, 5) is 33.3. The van der Waals surface area contributed by atoms with Gasteiger partial charge in [-0.3, -0.25) is 19.7 Å². The van der Waals surface area contributed by atoms with Gasteiger partial charge in [-0.1, -0.05) is 12.2 Å². The van der Waals surface area contributed by atoms with Crippen molar-refractivity contribution in [1.82, 2.24) is 5.32 Å². The van der Waals surface area contributed by atoms with Crippen molar-refractivity contribution >= 4 is 34.8 Å². The number of nitro groups is 1. The second-order valence-corrected chi connectivity index (χ2v) is 5.85. The van der Waals surface area contributed by atoms with Crippen molar-refractivity contribution in [3.63, 3.8) is 0 Å². The van der Waals surface area contributed by atoms with Gasteiger partial charge in [-0.05, 0) is 32.9 Å². The number of carbonyl (C=O) groups excluding carboxylic acids is 2. The van der Waals surface area contributed by atoms with Crippen LogP contribution < -0.4 is 5.32 Å². The average Bonchev–Trinajstić information content (AvgIpc) is 2.35. The first kappa shape index (κ1) is 17.7. The largest absolute Gasteiger partial charge is 0.460 e. The molecule has 22 heavy (non-hydrogen) atoms. The maximum atomic E-state index is 11.7. The molecule has 0 aliphatic carbocycles. The van der Waals surface area contributed by atoms with Gasteiger partial charge < -0.3 is 10.1 Å². The highest BCUT2D eigenvalue weighted by Gasteiger charge is 2.19. The molecule has 1 rings (SSSR count). The van der Waals surface area contributed by atoms with Crippen LogP contribution in [0.1, 0.15) is 32.8 Å². The summed E-state index contributed by atoms with van der Waals surface area (Å²) in [6.45, 7) is 5.10. The topological polar surface area (TPSA) is 98.5 Å². The number of thiocarbonyl (C=S) groups is 1. The molecule has 0 saturated carbocycles. The molecule has 0 atom stereocenters. The van der Waals surface area contributed by atoms with Crippen LogP contribution in [-0.2, 0) is 14.3 Å². The van der Waals surface area contributed by atoms with Crippen molar-refractivity contribution in [2.24, 2.45) is 0 Å². The zero-order valence-electron chi connectivity index (χ0n) is 12.4. The summed E-state index contributed by atoms with van der Waals surface area (Å²) >= 11 is 5.01. The van der Waals surface area contributed by atoms with Crippen LogP contribution >= 0.6 is 12.2 Å². The Morgan fingerprint density at radius 1 is 1.27 bits per heavy atom. The van der Waals surface area contributed by atoms with Gasteiger partial charge in [0.1, 0.15) is 17.0 Å². The van der Waals surface area contributed by atoms with Crippen LogP contribution in [0.15, 0.2) is 24.3 Å². The highest BCUT2D eigenvalue weighted by atomic mass is 32.1. The lowest BCUT2D eigenvalue weighted by Crippen LogP contribution is -2.33. The molecule has 0 fully saturated rings. The number of nitrogens with zero attached hydrogens (tertiary/aromatic N) is 1. The van der Waals surface area contributed by atoms with Crippen LogP contribution in [0.4, 0.5) is 5.69 Å². The fourth-order valence-electron chi connectivity index (χ4n) is 1.49. The van der Waals surface area contributed by atoms with E-state index in [4.69, 9.17) is 17.0 Å². The lowest BCUT2D eigenvalue weighted by Gasteiger charge is -2.19. The molecule has 1 N–H and O–H groups in total. The van der Waals surface area contributed by atoms with Gasteiger partial charge in [-0.2, -0.15) is 0 Å². The van der Waals surface area contributed by atoms with E-state index in [0.717, 1.165) is 0 Å². The van der Waals surface area contributed by atoms with E-state index in [2.05, 4.69) is 5.32 Å². The molecule has 0 radical (unpaired) electrons. The number of esters is 1. The molecule has 0 saturated heterocycles. The summed E-state index contributed by atoms with van der Waals surface area (Å²) in [5.74, 6) is -1.26. The minimum Gasteiger partial charge on any atom is -0.460 e. The molecule has 118 valence electrons. The van der Waals surface area contributed by atoms with Gasteiger partial charge in [-0.25, -0.2) is 0 Å². The number of rotatable bonds is 4. The Kier molecular flexibility index (Phi) is 5.69. The van der Waals surface area contributed by atoms with E-state index in [-0.39, 0.29) is 10.7 Å². The molecule has 0 spiro atoms. The van der Waals surface area contributed by atoms with Gasteiger partial charge in [0.2, 0.25) is 5.91 Å². The van der Waals surface area contributed by atoms with E-state index in [1.165, 1.54) is 24.3 Å². The number of hydrogen-bond donors (Lipinski definition) is 1. The molecule has 0 bridgehead atoms. The smallest absolute Gasteiger partial charge is 0.315 e. The van der Waals surface area contributed by atoms with Crippen LogP contribution in [0.3, 0.4) is 0 Å². The van der Waals surface area contributed by atoms with Gasteiger partial charge in [0.05, 0.1) is 4.92 Å². The van der Waals surface area contributed by atoms with Gasteiger partial charge in [0.25, 0.3) is 5.69 Å². The molecule has 0 aliphatic rings. The number of amides is 1. The second kappa shape index (κ2) is 7.08. The Morgan fingerprint density at radius 2 is 1.82 bits per heavy atom. The minimum atomic E-state index is -0.670. The van der Waals surface area contributed by atoms with Crippen LogP contribution in [0.25, 0.3) is 0 Å². The average molecular weight is 324 g/mol. The van der Waals surface area contributed by atoms with E-state index < -0.39 is 28.8 Å². The van der Waals surface area contributed by atoms with Crippen LogP contribution in [0.5, 0.6) is 0 Å². The number of benzene rings is 1. The Bertz CT molecular complexity index is 605. The highest BCUT2D eigenvalue weighted by Crippen LogP contribution is 2.12. The number of ether oxygens (including phenoxy) is 1. The van der Waals surface area contributed by atoms with Crippen LogP contribution in [0, 0.1) is 10.1 Å². The van der Waals surface area contributed by atoms with Gasteiger partial charge in [0.15, 0.2) is 0 Å². The Balaban J connectivity index is 2.59. The third-order valence-electron chi connectivity index (χ3n) is 2.32. The van der Waals surface area contributed by atoms with Gasteiger partial charge in [-0.15, -0.1) is 0 Å². The number of non-ortho nitro benzene ring substituents is 1. The first-order chi connectivity index (χ1) is 10.1. The second-order valence-electron chi connectivity index (χ2n) is 5.44. The summed E-state index contributed by atoms with van der Waals surface area (Å²) in [7, 11) is 0. The van der Waals surface area contributed by atoms with Crippen LogP contribution in [0.2, 0.25) is 0 Å². The Labute approximate surface area is 132 Å². The normalized spacial score (nSPS) is 10.7. The van der Waals surface area contributed by atoms with E-state index in [9.17, 15) is 19.7 Å². The van der Waals surface area contributed by atoms with Crippen molar-refractivity contribution in [3.05, 3.63) is 39.9 Å². The van der Waals surface area contributed by atoms with Crippen molar-refractivity contribution in [1.29, 1.82) is 0 Å². The first-order valence-electron chi connectivity index (χ1n) is 6.39. The highest BCUT2D eigenvalue weighted by molar-refractivity contribution is 7.80. The molecular formula is C14H16N2O5S. The van der Waals surface area contributed by atoms with Crippen molar-refractivity contribution in [2.45, 2.75) is 32.8 Å². The summed E-state index contributed by atoms with van der Waals surface area (Å²) < 4.78 is 5.02. The third-order valence-corrected chi connectivity index (χ3v) is 2.66. The summed E-state index contributed by atoms with van der Waals surface area (Å²) in [6.07, 6.45) is -0.454. The maximum Gasteiger partial charge on any atom is 0.315 e. The van der Waals surface area contributed by atoms with Gasteiger partial charge in [0, 0.05) is 17.7 Å². The van der Waals surface area contributed by atoms with Crippen molar-refractivity contribution in [3.8, 4) is 0 Å². The number of nitrogens with one attached hydrogen (secondary N) is 1. The molecule has 0 unspecified atom stereocenters. The number of hydrogen-bond acceptors (Lipinski definition) is 6. The number of carbonyl (C=O) groups is 2. The molecule has 7 nitrogen and oxygen atoms in total. The summed E-state index contributed by atoms with van der Waals surface area (Å²) in [6, 6.07) is 5.41. The van der Waals surface area contributed by atoms with Crippen molar-refractivity contribution in [2.75, 3.05) is 0 Å². The van der Waals surface area contributed by atoms with E-state index in [1.807, 2.05) is 0 Å². The molecule has 1 aromatic carbocycles. The molecule has 1 aromatic rings. The van der Waals surface area contributed by atoms with E-state index in [1.54, 1.807) is 20.8 Å². The standard InChI is InChI=1S/C14H16N2O5S/c1-14(2,3)21-12(18)8-11(17)15-13(22)9-4-6-10(7-5-9)16(19)20/h4-7H,8H2,1-3H3,(H,15,17,22). The van der Waals surface area contributed by atoms with E-state index in [0.29, 0.717) is 5.56 Å². The molecule has 0 heterocycles. The molecule has 1 amide bonds. The van der Waals surface area contributed by atoms with Gasteiger partial charge >= 0.3 is 5.97 Å². The number of nitro benzene ring substituents is 1. The molecule has 0 aliphatic heterocycles. The maximum absolute atomic E-state index is 11.7. The van der Waals surface area contributed by atoms with Crippen molar-refractivity contribution < 1.29 is 19.2 Å². The zero-order valence-corrected chi connectivity index (χ0v) is 13.2. The fraction of sp³-hybridized carbons (Fsp3) is 0.357. The summed E-state index contributed by atoms with van der Waals surface area (Å²) in [5, 5.41) is 12.9. The van der Waals surface area contributed by atoms with Crippen LogP contribution in [-0.4, -0.2) is 27.4 Å². The molecule has 0 aromatic heterocycles. The molecule has 8 heteroatoms. The quantitative estimate of drug-likeness (QED) is 0.299. The predicted octanol–water partition coefficient (Wildman–Crippen LogP) is 2.12. The lowest BCUT2D eigenvalue weighted by atomic mass is 10.2. The SMILES string of the molecule is CC(C)(C)OC(=O)CC(=O)NC(=S)c1ccc([N+](=O)[O-])cc1. The van der Waals surface area contributed by atoms with E-state index >= 15 is 0 Å².